The number of anilines is 2. The Morgan fingerprint density at radius 3 is 2.41 bits per heavy atom. The molecule has 1 aromatic rings. The van der Waals surface area contributed by atoms with Crippen molar-refractivity contribution in [1.82, 2.24) is 10.2 Å². The molecule has 1 saturated carbocycles. The highest BCUT2D eigenvalue weighted by atomic mass is 16.5. The molecule has 2 amide bonds. The summed E-state index contributed by atoms with van der Waals surface area (Å²) in [7, 11) is 0. The molecule has 176 valence electrons. The maximum atomic E-state index is 12.9. The zero-order valence-electron chi connectivity index (χ0n) is 19.4. The molecule has 7 heteroatoms. The van der Waals surface area contributed by atoms with Crippen LogP contribution in [0.3, 0.4) is 0 Å². The van der Waals surface area contributed by atoms with Crippen molar-refractivity contribution in [3.63, 3.8) is 0 Å². The van der Waals surface area contributed by atoms with Gasteiger partial charge in [-0.05, 0) is 63.4 Å². The molecule has 2 N–H and O–H groups in total. The molecule has 3 aliphatic rings. The topological polar surface area (TPSA) is 73.9 Å². The van der Waals surface area contributed by atoms with Gasteiger partial charge < -0.3 is 20.3 Å². The van der Waals surface area contributed by atoms with Gasteiger partial charge in [-0.1, -0.05) is 19.3 Å². The monoisotopic (exact) mass is 442 g/mol. The Balaban J connectivity index is 1.27. The van der Waals surface area contributed by atoms with Crippen LogP contribution in [0, 0.1) is 5.92 Å². The highest BCUT2D eigenvalue weighted by molar-refractivity contribution is 5.94. The van der Waals surface area contributed by atoms with E-state index >= 15 is 0 Å². The Morgan fingerprint density at radius 1 is 0.969 bits per heavy atom. The van der Waals surface area contributed by atoms with Gasteiger partial charge in [-0.15, -0.1) is 0 Å². The van der Waals surface area contributed by atoms with E-state index in [0.717, 1.165) is 69.9 Å². The second-order valence-electron chi connectivity index (χ2n) is 9.49. The van der Waals surface area contributed by atoms with Crippen molar-refractivity contribution in [1.29, 1.82) is 0 Å². The van der Waals surface area contributed by atoms with Crippen LogP contribution >= 0.6 is 0 Å². The Bertz CT molecular complexity index is 757. The first-order valence-corrected chi connectivity index (χ1v) is 12.4. The minimum absolute atomic E-state index is 0.0162. The van der Waals surface area contributed by atoms with Gasteiger partial charge >= 0.3 is 0 Å². The Kier molecular flexibility index (Phi) is 8.03. The molecule has 2 unspecified atom stereocenters. The molecular formula is C25H38N4O3. The van der Waals surface area contributed by atoms with Crippen LogP contribution in [0.15, 0.2) is 24.3 Å². The summed E-state index contributed by atoms with van der Waals surface area (Å²) in [5.41, 5.74) is 1.96. The SMILES string of the molecule is CC(C(=O)Nc1ccc(N2CCOCC2)cc1)N1CCCC(C(=O)NC2CCCCC2)C1. The van der Waals surface area contributed by atoms with Crippen LogP contribution in [0.5, 0.6) is 0 Å². The third-order valence-electron chi connectivity index (χ3n) is 7.21. The van der Waals surface area contributed by atoms with Gasteiger partial charge in [0, 0.05) is 37.1 Å². The number of piperidine rings is 1. The van der Waals surface area contributed by atoms with E-state index in [4.69, 9.17) is 4.74 Å². The van der Waals surface area contributed by atoms with Crippen molar-refractivity contribution >= 4 is 23.2 Å². The summed E-state index contributed by atoms with van der Waals surface area (Å²) in [6, 6.07) is 8.11. The second-order valence-corrected chi connectivity index (χ2v) is 9.49. The lowest BCUT2D eigenvalue weighted by Crippen LogP contribution is -2.51. The molecule has 0 aromatic heterocycles. The molecule has 2 heterocycles. The highest BCUT2D eigenvalue weighted by Gasteiger charge is 2.32. The molecule has 32 heavy (non-hydrogen) atoms. The number of carbonyl (C=O) groups excluding carboxylic acids is 2. The van der Waals surface area contributed by atoms with E-state index in [1.54, 1.807) is 0 Å². The summed E-state index contributed by atoms with van der Waals surface area (Å²) in [5, 5.41) is 6.33. The first-order chi connectivity index (χ1) is 15.6. The van der Waals surface area contributed by atoms with E-state index in [0.29, 0.717) is 12.6 Å². The van der Waals surface area contributed by atoms with E-state index < -0.39 is 0 Å². The molecule has 1 aromatic carbocycles. The first kappa shape index (κ1) is 23.1. The average molecular weight is 443 g/mol. The van der Waals surface area contributed by atoms with Crippen molar-refractivity contribution in [2.24, 2.45) is 5.92 Å². The number of amides is 2. The molecule has 2 saturated heterocycles. The number of hydrogen-bond donors (Lipinski definition) is 2. The fourth-order valence-corrected chi connectivity index (χ4v) is 5.13. The maximum Gasteiger partial charge on any atom is 0.241 e. The third kappa shape index (κ3) is 6.01. The number of nitrogens with zero attached hydrogens (tertiary/aromatic N) is 2. The quantitative estimate of drug-likeness (QED) is 0.709. The van der Waals surface area contributed by atoms with Crippen LogP contribution < -0.4 is 15.5 Å². The summed E-state index contributed by atoms with van der Waals surface area (Å²) in [6.45, 7) is 6.76. The van der Waals surface area contributed by atoms with E-state index in [9.17, 15) is 9.59 Å². The molecule has 0 radical (unpaired) electrons. The fourth-order valence-electron chi connectivity index (χ4n) is 5.13. The highest BCUT2D eigenvalue weighted by Crippen LogP contribution is 2.23. The number of likely N-dealkylation sites (tertiary alicyclic amines) is 1. The Morgan fingerprint density at radius 2 is 1.69 bits per heavy atom. The van der Waals surface area contributed by atoms with Crippen molar-refractivity contribution in [2.45, 2.75) is 64.0 Å². The van der Waals surface area contributed by atoms with Gasteiger partial charge in [-0.25, -0.2) is 0 Å². The summed E-state index contributed by atoms with van der Waals surface area (Å²) in [6.07, 6.45) is 7.78. The number of rotatable bonds is 6. The lowest BCUT2D eigenvalue weighted by Gasteiger charge is -2.36. The lowest BCUT2D eigenvalue weighted by molar-refractivity contribution is -0.130. The van der Waals surface area contributed by atoms with Gasteiger partial charge in [0.25, 0.3) is 0 Å². The molecule has 0 spiro atoms. The molecule has 2 atom stereocenters. The average Bonchev–Trinajstić information content (AvgIpc) is 2.85. The van der Waals surface area contributed by atoms with Gasteiger partial charge in [0.05, 0.1) is 25.2 Å². The van der Waals surface area contributed by atoms with Crippen molar-refractivity contribution in [3.8, 4) is 0 Å². The molecule has 7 nitrogen and oxygen atoms in total. The van der Waals surface area contributed by atoms with E-state index in [1.165, 1.54) is 19.3 Å². The summed E-state index contributed by atoms with van der Waals surface area (Å²) in [4.78, 5) is 30.2. The predicted octanol–water partition coefficient (Wildman–Crippen LogP) is 3.01. The van der Waals surface area contributed by atoms with E-state index in [1.807, 2.05) is 19.1 Å². The van der Waals surface area contributed by atoms with Crippen LogP contribution in [0.4, 0.5) is 11.4 Å². The number of nitrogens with one attached hydrogen (secondary N) is 2. The predicted molar refractivity (Wildman–Crippen MR) is 127 cm³/mol. The third-order valence-corrected chi connectivity index (χ3v) is 7.21. The Labute approximate surface area is 191 Å². The summed E-state index contributed by atoms with van der Waals surface area (Å²) >= 11 is 0. The van der Waals surface area contributed by atoms with Crippen LogP contribution in [0.2, 0.25) is 0 Å². The number of benzene rings is 1. The van der Waals surface area contributed by atoms with Gasteiger partial charge in [0.1, 0.15) is 0 Å². The summed E-state index contributed by atoms with van der Waals surface area (Å²) < 4.78 is 5.41. The van der Waals surface area contributed by atoms with E-state index in [2.05, 4.69) is 32.6 Å². The van der Waals surface area contributed by atoms with Crippen LogP contribution in [0.1, 0.15) is 51.9 Å². The van der Waals surface area contributed by atoms with Gasteiger partial charge in [0.2, 0.25) is 11.8 Å². The molecule has 0 bridgehead atoms. The normalized spacial score (nSPS) is 24.0. The number of ether oxygens (including phenoxy) is 1. The lowest BCUT2D eigenvalue weighted by atomic mass is 9.92. The van der Waals surface area contributed by atoms with Crippen LogP contribution in [0.25, 0.3) is 0 Å². The Hall–Kier alpha value is -2.12. The molecule has 1 aliphatic carbocycles. The zero-order chi connectivity index (χ0) is 22.3. The minimum atomic E-state index is -0.265. The number of hydrogen-bond acceptors (Lipinski definition) is 5. The first-order valence-electron chi connectivity index (χ1n) is 12.4. The van der Waals surface area contributed by atoms with Crippen molar-refractivity contribution in [3.05, 3.63) is 24.3 Å². The number of carbonyl (C=O) groups is 2. The van der Waals surface area contributed by atoms with Crippen molar-refractivity contribution in [2.75, 3.05) is 49.6 Å². The van der Waals surface area contributed by atoms with Gasteiger partial charge in [-0.2, -0.15) is 0 Å². The van der Waals surface area contributed by atoms with Crippen LogP contribution in [-0.4, -0.2) is 68.2 Å². The van der Waals surface area contributed by atoms with Crippen LogP contribution in [-0.2, 0) is 14.3 Å². The standard InChI is InChI=1S/C25H38N4O3/c1-19(24(30)26-22-9-11-23(12-10-22)28-14-16-32-17-15-28)29-13-5-6-20(18-29)25(31)27-21-7-3-2-4-8-21/h9-12,19-21H,2-8,13-18H2,1H3,(H,26,30)(H,27,31). The molecular weight excluding hydrogens is 404 g/mol. The van der Waals surface area contributed by atoms with E-state index in [-0.39, 0.29) is 23.8 Å². The fraction of sp³-hybridized carbons (Fsp3) is 0.680. The molecule has 4 rings (SSSR count). The molecule has 2 aliphatic heterocycles. The zero-order valence-corrected chi connectivity index (χ0v) is 19.4. The second kappa shape index (κ2) is 11.1. The molecule has 3 fully saturated rings. The van der Waals surface area contributed by atoms with Gasteiger partial charge in [-0.3, -0.25) is 14.5 Å². The summed E-state index contributed by atoms with van der Waals surface area (Å²) in [5.74, 6) is 0.138. The minimum Gasteiger partial charge on any atom is -0.378 e. The van der Waals surface area contributed by atoms with Crippen molar-refractivity contribution < 1.29 is 14.3 Å². The van der Waals surface area contributed by atoms with Gasteiger partial charge in [0.15, 0.2) is 0 Å². The largest absolute Gasteiger partial charge is 0.378 e. The smallest absolute Gasteiger partial charge is 0.241 e. The number of morpholine rings is 1. The maximum absolute atomic E-state index is 12.9.